The van der Waals surface area contributed by atoms with Crippen LogP contribution in [0, 0.1) is 0 Å². The van der Waals surface area contributed by atoms with E-state index >= 15 is 0 Å². The van der Waals surface area contributed by atoms with Crippen LogP contribution in [0.2, 0.25) is 0 Å². The van der Waals surface area contributed by atoms with Crippen LogP contribution in [-0.2, 0) is 17.9 Å². The molecule has 2 aliphatic rings. The summed E-state index contributed by atoms with van der Waals surface area (Å²) in [5, 5.41) is 0. The minimum Gasteiger partial charge on any atom is -0.494 e. The van der Waals surface area contributed by atoms with Gasteiger partial charge in [-0.25, -0.2) is 0 Å². The second-order valence-electron chi connectivity index (χ2n) is 10.2. The number of ether oxygens (including phenoxy) is 1. The zero-order chi connectivity index (χ0) is 26.5. The monoisotopic (exact) mass is 512 g/mol. The second-order valence-corrected chi connectivity index (χ2v) is 10.2. The molecule has 0 aliphatic carbocycles. The number of benzene rings is 2. The summed E-state index contributed by atoms with van der Waals surface area (Å²) in [7, 11) is 0. The van der Waals surface area contributed by atoms with Gasteiger partial charge >= 0.3 is 0 Å². The molecular weight excluding hydrogens is 476 g/mol. The Morgan fingerprint density at radius 3 is 2.63 bits per heavy atom. The maximum atomic E-state index is 14.0. The first-order chi connectivity index (χ1) is 18.5. The summed E-state index contributed by atoms with van der Waals surface area (Å²) in [6.45, 7) is 6.58. The van der Waals surface area contributed by atoms with Crippen molar-refractivity contribution in [2.75, 3.05) is 24.6 Å². The number of amides is 2. The number of fused-ring (bicyclic) bond motifs is 3. The molecule has 2 aromatic carbocycles. The van der Waals surface area contributed by atoms with E-state index in [1.165, 1.54) is 0 Å². The third-order valence-corrected chi connectivity index (χ3v) is 7.68. The number of aromatic nitrogens is 1. The quantitative estimate of drug-likeness (QED) is 0.486. The number of anilines is 1. The zero-order valence-electron chi connectivity index (χ0n) is 22.3. The van der Waals surface area contributed by atoms with Crippen LogP contribution in [0.1, 0.15) is 54.6 Å². The largest absolute Gasteiger partial charge is 0.494 e. The molecule has 198 valence electrons. The minimum absolute atomic E-state index is 0.0207. The van der Waals surface area contributed by atoms with E-state index in [0.717, 1.165) is 42.6 Å². The average molecular weight is 513 g/mol. The lowest BCUT2D eigenvalue weighted by Crippen LogP contribution is -2.45. The molecule has 2 unspecified atom stereocenters. The van der Waals surface area contributed by atoms with Crippen LogP contribution in [0.25, 0.3) is 0 Å². The van der Waals surface area contributed by atoms with Crippen molar-refractivity contribution in [2.45, 2.75) is 58.3 Å². The minimum atomic E-state index is -0.0280. The third-order valence-electron chi connectivity index (χ3n) is 7.68. The van der Waals surface area contributed by atoms with E-state index in [0.29, 0.717) is 43.6 Å². The molecule has 1 fully saturated rings. The van der Waals surface area contributed by atoms with E-state index in [2.05, 4.69) is 16.0 Å². The SMILES string of the molecule is CCOc1cccc(C(=O)N2Cc3ccccc3N(C(C)=O)CCC3CCC(C2)N3Cc2cccnc2)c1. The third kappa shape index (κ3) is 5.73. The number of pyridine rings is 1. The van der Waals surface area contributed by atoms with Crippen LogP contribution >= 0.6 is 0 Å². The number of hydrogen-bond donors (Lipinski definition) is 0. The van der Waals surface area contributed by atoms with Crippen molar-refractivity contribution in [1.29, 1.82) is 0 Å². The average Bonchev–Trinajstić information content (AvgIpc) is 3.28. The normalized spacial score (nSPS) is 19.9. The molecule has 3 aromatic rings. The lowest BCUT2D eigenvalue weighted by atomic mass is 10.1. The van der Waals surface area contributed by atoms with Crippen molar-refractivity contribution in [3.8, 4) is 5.75 Å². The fraction of sp³-hybridized carbons (Fsp3) is 0.387. The fourth-order valence-electron chi connectivity index (χ4n) is 5.86. The molecule has 2 bridgehead atoms. The van der Waals surface area contributed by atoms with Crippen molar-refractivity contribution in [1.82, 2.24) is 14.8 Å². The number of carbonyl (C=O) groups is 2. The van der Waals surface area contributed by atoms with Gasteiger partial charge in [0.25, 0.3) is 5.91 Å². The zero-order valence-corrected chi connectivity index (χ0v) is 22.3. The Bertz CT molecular complexity index is 1260. The second kappa shape index (κ2) is 11.8. The molecule has 7 nitrogen and oxygen atoms in total. The lowest BCUT2D eigenvalue weighted by molar-refractivity contribution is -0.116. The van der Waals surface area contributed by atoms with Gasteiger partial charge in [-0.05, 0) is 67.6 Å². The Kier molecular flexibility index (Phi) is 8.03. The number of hydrogen-bond acceptors (Lipinski definition) is 5. The molecule has 1 saturated heterocycles. The van der Waals surface area contributed by atoms with Crippen LogP contribution in [0.4, 0.5) is 5.69 Å². The van der Waals surface area contributed by atoms with Gasteiger partial charge in [-0.2, -0.15) is 0 Å². The van der Waals surface area contributed by atoms with Gasteiger partial charge < -0.3 is 14.5 Å². The maximum Gasteiger partial charge on any atom is 0.254 e. The van der Waals surface area contributed by atoms with Gasteiger partial charge in [-0.1, -0.05) is 30.3 Å². The van der Waals surface area contributed by atoms with E-state index < -0.39 is 0 Å². The molecule has 0 saturated carbocycles. The summed E-state index contributed by atoms with van der Waals surface area (Å²) in [6, 6.07) is 20.0. The van der Waals surface area contributed by atoms with Gasteiger partial charge in [-0.3, -0.25) is 19.5 Å². The molecule has 0 N–H and O–H groups in total. The highest BCUT2D eigenvalue weighted by molar-refractivity contribution is 5.95. The van der Waals surface area contributed by atoms with E-state index in [1.54, 1.807) is 13.1 Å². The summed E-state index contributed by atoms with van der Waals surface area (Å²) >= 11 is 0. The Labute approximate surface area is 225 Å². The Balaban J connectivity index is 1.53. The topological polar surface area (TPSA) is 66.0 Å². The predicted octanol–water partition coefficient (Wildman–Crippen LogP) is 4.91. The molecule has 38 heavy (non-hydrogen) atoms. The molecule has 2 amide bonds. The van der Waals surface area contributed by atoms with Gasteiger partial charge in [-0.15, -0.1) is 0 Å². The summed E-state index contributed by atoms with van der Waals surface area (Å²) in [6.07, 6.45) is 6.65. The first-order valence-corrected chi connectivity index (χ1v) is 13.6. The standard InChI is InChI=1S/C31H36N4O3/c1-3-38-29-11-6-10-25(18-29)31(37)33-21-26-9-4-5-12-30(26)34(23(2)36)17-15-27-13-14-28(22-33)35(27)20-24-8-7-16-32-19-24/h4-12,16,18-19,27-28H,3,13-15,17,20-22H2,1-2H3. The summed E-state index contributed by atoms with van der Waals surface area (Å²) < 4.78 is 5.68. The Hall–Kier alpha value is -3.71. The van der Waals surface area contributed by atoms with E-state index in [9.17, 15) is 9.59 Å². The van der Waals surface area contributed by atoms with Crippen molar-refractivity contribution >= 4 is 17.5 Å². The van der Waals surface area contributed by atoms with Crippen molar-refractivity contribution in [3.63, 3.8) is 0 Å². The molecule has 0 spiro atoms. The van der Waals surface area contributed by atoms with Gasteiger partial charge in [0.2, 0.25) is 5.91 Å². The predicted molar refractivity (Wildman–Crippen MR) is 148 cm³/mol. The number of rotatable bonds is 5. The Morgan fingerprint density at radius 1 is 1.00 bits per heavy atom. The summed E-state index contributed by atoms with van der Waals surface area (Å²) in [5.41, 5.74) is 3.64. The van der Waals surface area contributed by atoms with Crippen LogP contribution in [0.3, 0.4) is 0 Å². The van der Waals surface area contributed by atoms with Gasteiger partial charge in [0.05, 0.1) is 6.61 Å². The van der Waals surface area contributed by atoms with E-state index in [1.807, 2.05) is 77.5 Å². The van der Waals surface area contributed by atoms with Crippen molar-refractivity contribution in [3.05, 3.63) is 89.7 Å². The van der Waals surface area contributed by atoms with Crippen LogP contribution < -0.4 is 9.64 Å². The number of nitrogens with zero attached hydrogens (tertiary/aromatic N) is 4. The smallest absolute Gasteiger partial charge is 0.254 e. The molecule has 3 heterocycles. The van der Waals surface area contributed by atoms with E-state index in [4.69, 9.17) is 4.74 Å². The maximum absolute atomic E-state index is 14.0. The lowest BCUT2D eigenvalue weighted by Gasteiger charge is -2.34. The van der Waals surface area contributed by atoms with E-state index in [-0.39, 0.29) is 17.9 Å². The fourth-order valence-corrected chi connectivity index (χ4v) is 5.86. The van der Waals surface area contributed by atoms with Gasteiger partial charge in [0, 0.05) is 68.8 Å². The highest BCUT2D eigenvalue weighted by Gasteiger charge is 2.37. The van der Waals surface area contributed by atoms with Crippen molar-refractivity contribution < 1.29 is 14.3 Å². The first-order valence-electron chi connectivity index (χ1n) is 13.6. The Morgan fingerprint density at radius 2 is 1.84 bits per heavy atom. The molecular formula is C31H36N4O3. The molecule has 2 atom stereocenters. The van der Waals surface area contributed by atoms with Crippen LogP contribution in [-0.4, -0.2) is 58.4 Å². The summed E-state index contributed by atoms with van der Waals surface area (Å²) in [5.74, 6) is 0.686. The highest BCUT2D eigenvalue weighted by atomic mass is 16.5. The van der Waals surface area contributed by atoms with Gasteiger partial charge in [0.15, 0.2) is 0 Å². The number of carbonyl (C=O) groups excluding carboxylic acids is 2. The van der Waals surface area contributed by atoms with Crippen molar-refractivity contribution in [2.24, 2.45) is 0 Å². The van der Waals surface area contributed by atoms with Crippen LogP contribution in [0.15, 0.2) is 73.1 Å². The van der Waals surface area contributed by atoms with Crippen LogP contribution in [0.5, 0.6) is 5.75 Å². The molecule has 7 heteroatoms. The molecule has 5 rings (SSSR count). The molecule has 0 radical (unpaired) electrons. The van der Waals surface area contributed by atoms with Gasteiger partial charge in [0.1, 0.15) is 5.75 Å². The highest BCUT2D eigenvalue weighted by Crippen LogP contribution is 2.33. The number of para-hydroxylation sites is 1. The molecule has 2 aliphatic heterocycles. The summed E-state index contributed by atoms with van der Waals surface area (Å²) in [4.78, 5) is 37.6. The molecule has 1 aromatic heterocycles. The first kappa shape index (κ1) is 25.9.